The molecule has 0 N–H and O–H groups in total. The Morgan fingerprint density at radius 3 is 2.91 bits per heavy atom. The number of hydrogen-bond donors (Lipinski definition) is 0. The van der Waals surface area contributed by atoms with Gasteiger partial charge in [0.2, 0.25) is 0 Å². The van der Waals surface area contributed by atoms with Crippen molar-refractivity contribution in [1.82, 2.24) is 0 Å². The lowest BCUT2D eigenvalue weighted by Gasteiger charge is -1.92. The average Bonchev–Trinajstić information content (AvgIpc) is 2.33. The maximum atomic E-state index is 3.25. The molecular weight excluding hydrogens is 152 g/mol. The zero-order valence-corrected chi connectivity index (χ0v) is 7.46. The van der Waals surface area contributed by atoms with E-state index in [0.717, 1.165) is 0 Å². The first-order valence-electron chi connectivity index (χ1n) is 3.65. The fourth-order valence-electron chi connectivity index (χ4n) is 1.21. The number of fused-ring (bicyclic) bond motifs is 1. The van der Waals surface area contributed by atoms with Gasteiger partial charge in [-0.05, 0) is 30.9 Å². The molecule has 0 atom stereocenters. The molecule has 0 saturated carbocycles. The van der Waals surface area contributed by atoms with Crippen LogP contribution in [0.4, 0.5) is 0 Å². The Hall–Kier alpha value is -0.820. The largest absolute Gasteiger partial charge is 0.134 e. The maximum absolute atomic E-state index is 3.25. The third-order valence-electron chi connectivity index (χ3n) is 1.85. The second-order valence-corrected chi connectivity index (χ2v) is 3.68. The van der Waals surface area contributed by atoms with Gasteiger partial charge in [-0.2, -0.15) is 0 Å². The summed E-state index contributed by atoms with van der Waals surface area (Å²) in [5.74, 6) is 0. The minimum atomic E-state index is 1.27. The van der Waals surface area contributed by atoms with E-state index in [4.69, 9.17) is 0 Å². The molecule has 0 aliphatic carbocycles. The Kier molecular flexibility index (Phi) is 1.46. The van der Waals surface area contributed by atoms with Crippen molar-refractivity contribution in [1.29, 1.82) is 0 Å². The molecule has 0 saturated heterocycles. The molecule has 0 amide bonds. The number of benzene rings is 1. The van der Waals surface area contributed by atoms with Crippen LogP contribution in [0, 0.1) is 19.2 Å². The number of rotatable bonds is 0. The van der Waals surface area contributed by atoms with Crippen LogP contribution in [0.1, 0.15) is 11.1 Å². The van der Waals surface area contributed by atoms with E-state index in [-0.39, 0.29) is 0 Å². The molecule has 2 rings (SSSR count). The Balaban J connectivity index is 2.87. The molecule has 0 spiro atoms. The highest BCUT2D eigenvalue weighted by Gasteiger charge is 1.98. The van der Waals surface area contributed by atoms with Crippen LogP contribution < -0.4 is 0 Å². The van der Waals surface area contributed by atoms with E-state index in [1.165, 1.54) is 21.2 Å². The third kappa shape index (κ3) is 1.05. The predicted molar refractivity (Wildman–Crippen MR) is 50.1 cm³/mol. The lowest BCUT2D eigenvalue weighted by molar-refractivity contribution is 1.49. The Labute approximate surface area is 70.5 Å². The minimum Gasteiger partial charge on any atom is -0.134 e. The molecule has 1 heteroatoms. The van der Waals surface area contributed by atoms with E-state index >= 15 is 0 Å². The van der Waals surface area contributed by atoms with Crippen molar-refractivity contribution in [2.45, 2.75) is 13.8 Å². The molecule has 1 aromatic heterocycles. The highest BCUT2D eigenvalue weighted by molar-refractivity contribution is 7.16. The normalized spacial score (nSPS) is 10.7. The van der Waals surface area contributed by atoms with Gasteiger partial charge in [0.25, 0.3) is 0 Å². The Morgan fingerprint density at radius 1 is 1.27 bits per heavy atom. The van der Waals surface area contributed by atoms with E-state index < -0.39 is 0 Å². The van der Waals surface area contributed by atoms with E-state index in [1.54, 1.807) is 11.3 Å². The molecule has 1 aromatic carbocycles. The quantitative estimate of drug-likeness (QED) is 0.556. The molecule has 11 heavy (non-hydrogen) atoms. The summed E-state index contributed by atoms with van der Waals surface area (Å²) in [5, 5.41) is 4.60. The molecule has 0 fully saturated rings. The summed E-state index contributed by atoms with van der Waals surface area (Å²) in [5.41, 5.74) is 2.60. The van der Waals surface area contributed by atoms with Crippen molar-refractivity contribution in [2.75, 3.05) is 0 Å². The van der Waals surface area contributed by atoms with Gasteiger partial charge in [-0.1, -0.05) is 17.7 Å². The summed E-state index contributed by atoms with van der Waals surface area (Å²) in [4.78, 5) is 0. The predicted octanol–water partition coefficient (Wildman–Crippen LogP) is 3.32. The monoisotopic (exact) mass is 161 g/mol. The number of hydrogen-bond acceptors (Lipinski definition) is 1. The smallest absolute Gasteiger partial charge is 0.0487 e. The first-order valence-corrected chi connectivity index (χ1v) is 4.46. The maximum Gasteiger partial charge on any atom is 0.0487 e. The van der Waals surface area contributed by atoms with Crippen molar-refractivity contribution >= 4 is 21.4 Å². The van der Waals surface area contributed by atoms with Crippen LogP contribution in [0.5, 0.6) is 0 Å². The number of thiophene rings is 1. The lowest BCUT2D eigenvalue weighted by atomic mass is 10.1. The molecule has 2 aromatic rings. The van der Waals surface area contributed by atoms with Gasteiger partial charge in [0.05, 0.1) is 0 Å². The molecule has 55 valence electrons. The van der Waals surface area contributed by atoms with Gasteiger partial charge < -0.3 is 0 Å². The van der Waals surface area contributed by atoms with E-state index in [9.17, 15) is 0 Å². The van der Waals surface area contributed by atoms with Gasteiger partial charge in [-0.15, -0.1) is 11.3 Å². The zero-order valence-electron chi connectivity index (χ0n) is 6.64. The summed E-state index contributed by atoms with van der Waals surface area (Å²) in [6.07, 6.45) is 0. The Bertz CT molecular complexity index is 385. The standard InChI is InChI=1S/C10H9S/c1-7-3-4-10-9(5-7)8(2)6-11-10/h3-5H,1-2H3. The van der Waals surface area contributed by atoms with Crippen molar-refractivity contribution in [3.8, 4) is 0 Å². The van der Waals surface area contributed by atoms with Gasteiger partial charge in [0, 0.05) is 10.1 Å². The van der Waals surface area contributed by atoms with Gasteiger partial charge >= 0.3 is 0 Å². The highest BCUT2D eigenvalue weighted by atomic mass is 32.1. The summed E-state index contributed by atoms with van der Waals surface area (Å²) in [6, 6.07) is 6.53. The van der Waals surface area contributed by atoms with Crippen LogP contribution in [-0.4, -0.2) is 0 Å². The Morgan fingerprint density at radius 2 is 2.09 bits per heavy atom. The van der Waals surface area contributed by atoms with Gasteiger partial charge in [0.15, 0.2) is 0 Å². The van der Waals surface area contributed by atoms with Crippen LogP contribution in [0.25, 0.3) is 10.1 Å². The SMILES string of the molecule is Cc1ccc2s[c]c(C)c2c1. The third-order valence-corrected chi connectivity index (χ3v) is 2.84. The topological polar surface area (TPSA) is 0 Å². The minimum absolute atomic E-state index is 1.27. The molecule has 1 radical (unpaired) electrons. The van der Waals surface area contributed by atoms with E-state index in [0.29, 0.717) is 0 Å². The molecule has 0 unspecified atom stereocenters. The molecule has 0 nitrogen and oxygen atoms in total. The second-order valence-electron chi connectivity index (χ2n) is 2.83. The van der Waals surface area contributed by atoms with Gasteiger partial charge in [0.1, 0.15) is 0 Å². The summed E-state index contributed by atoms with van der Waals surface area (Å²) in [6.45, 7) is 4.23. The van der Waals surface area contributed by atoms with E-state index in [2.05, 4.69) is 37.4 Å². The van der Waals surface area contributed by atoms with Crippen LogP contribution >= 0.6 is 11.3 Å². The van der Waals surface area contributed by atoms with Crippen LogP contribution in [0.15, 0.2) is 18.2 Å². The first-order chi connectivity index (χ1) is 5.27. The van der Waals surface area contributed by atoms with Crippen molar-refractivity contribution in [2.24, 2.45) is 0 Å². The van der Waals surface area contributed by atoms with Gasteiger partial charge in [-0.3, -0.25) is 0 Å². The fraction of sp³-hybridized carbons (Fsp3) is 0.200. The van der Waals surface area contributed by atoms with Crippen molar-refractivity contribution in [3.05, 3.63) is 34.7 Å². The molecule has 1 heterocycles. The first kappa shape index (κ1) is 6.86. The van der Waals surface area contributed by atoms with E-state index in [1.807, 2.05) is 0 Å². The number of aryl methyl sites for hydroxylation is 2. The lowest BCUT2D eigenvalue weighted by Crippen LogP contribution is -1.71. The fourth-order valence-corrected chi connectivity index (χ4v) is 2.04. The molecule has 0 aliphatic heterocycles. The van der Waals surface area contributed by atoms with Crippen LogP contribution in [0.2, 0.25) is 0 Å². The molecule has 0 aliphatic rings. The summed E-state index contributed by atoms with van der Waals surface area (Å²) < 4.78 is 1.34. The summed E-state index contributed by atoms with van der Waals surface area (Å²) in [7, 11) is 0. The van der Waals surface area contributed by atoms with Gasteiger partial charge in [-0.25, -0.2) is 0 Å². The van der Waals surface area contributed by atoms with Crippen LogP contribution in [-0.2, 0) is 0 Å². The van der Waals surface area contributed by atoms with Crippen LogP contribution in [0.3, 0.4) is 0 Å². The molecular formula is C10H9S. The second kappa shape index (κ2) is 2.35. The zero-order chi connectivity index (χ0) is 7.84. The summed E-state index contributed by atoms with van der Waals surface area (Å²) >= 11 is 1.70. The van der Waals surface area contributed by atoms with Crippen molar-refractivity contribution < 1.29 is 0 Å². The highest BCUT2D eigenvalue weighted by Crippen LogP contribution is 2.25. The van der Waals surface area contributed by atoms with Crippen molar-refractivity contribution in [3.63, 3.8) is 0 Å². The molecule has 0 bridgehead atoms. The average molecular weight is 161 g/mol.